The molecule has 0 aliphatic heterocycles. The van der Waals surface area contributed by atoms with Crippen LogP contribution in [0.3, 0.4) is 0 Å². The first kappa shape index (κ1) is 17.6. The summed E-state index contributed by atoms with van der Waals surface area (Å²) < 4.78 is 0. The van der Waals surface area contributed by atoms with Crippen LogP contribution in [0.1, 0.15) is 6.92 Å². The highest BCUT2D eigenvalue weighted by Gasteiger charge is 2.19. The van der Waals surface area contributed by atoms with Gasteiger partial charge in [0.15, 0.2) is 0 Å². The van der Waals surface area contributed by atoms with Crippen molar-refractivity contribution in [1.82, 2.24) is 0 Å². The highest BCUT2D eigenvalue weighted by Crippen LogP contribution is 2.29. The van der Waals surface area contributed by atoms with Crippen molar-refractivity contribution in [2.24, 2.45) is 0 Å². The maximum absolute atomic E-state index is 12.2. The number of anilines is 2. The number of benzene rings is 2. The van der Waals surface area contributed by atoms with E-state index in [9.17, 15) is 9.59 Å². The normalized spacial score (nSPS) is 10.3. The van der Waals surface area contributed by atoms with Gasteiger partial charge in [-0.05, 0) is 36.4 Å². The van der Waals surface area contributed by atoms with Gasteiger partial charge in [0.25, 0.3) is 0 Å². The second kappa shape index (κ2) is 7.68. The van der Waals surface area contributed by atoms with Gasteiger partial charge in [0, 0.05) is 22.7 Å². The predicted molar refractivity (Wildman–Crippen MR) is 94.6 cm³/mol. The molecule has 2 aromatic rings. The van der Waals surface area contributed by atoms with Gasteiger partial charge < -0.3 is 10.2 Å². The highest BCUT2D eigenvalue weighted by atomic mass is 35.5. The van der Waals surface area contributed by atoms with E-state index in [-0.39, 0.29) is 18.4 Å². The number of nitrogens with zero attached hydrogens (tertiary/aromatic N) is 1. The average Bonchev–Trinajstić information content (AvgIpc) is 2.47. The van der Waals surface area contributed by atoms with Gasteiger partial charge in [-0.3, -0.25) is 9.59 Å². The molecule has 0 aromatic heterocycles. The number of amides is 2. The second-order valence-corrected chi connectivity index (χ2v) is 6.04. The van der Waals surface area contributed by atoms with Gasteiger partial charge in [-0.2, -0.15) is 0 Å². The number of halogens is 3. The van der Waals surface area contributed by atoms with Crippen molar-refractivity contribution < 1.29 is 9.59 Å². The Morgan fingerprint density at radius 1 is 1.04 bits per heavy atom. The summed E-state index contributed by atoms with van der Waals surface area (Å²) in [5.41, 5.74) is 0.927. The topological polar surface area (TPSA) is 49.4 Å². The lowest BCUT2D eigenvalue weighted by Gasteiger charge is -2.22. The van der Waals surface area contributed by atoms with Crippen LogP contribution in [0.25, 0.3) is 0 Å². The molecule has 120 valence electrons. The largest absolute Gasteiger partial charge is 0.324 e. The van der Waals surface area contributed by atoms with E-state index in [2.05, 4.69) is 5.32 Å². The summed E-state index contributed by atoms with van der Waals surface area (Å²) in [5, 5.41) is 3.94. The average molecular weight is 372 g/mol. The van der Waals surface area contributed by atoms with E-state index in [1.54, 1.807) is 36.4 Å². The lowest BCUT2D eigenvalue weighted by atomic mass is 10.2. The molecule has 7 heteroatoms. The van der Waals surface area contributed by atoms with Crippen molar-refractivity contribution in [1.29, 1.82) is 0 Å². The van der Waals surface area contributed by atoms with Crippen molar-refractivity contribution in [3.8, 4) is 0 Å². The maximum atomic E-state index is 12.2. The number of carbonyl (C=O) groups excluding carboxylic acids is 2. The van der Waals surface area contributed by atoms with E-state index < -0.39 is 0 Å². The summed E-state index contributed by atoms with van der Waals surface area (Å²) in [6, 6.07) is 11.5. The fourth-order valence-electron chi connectivity index (χ4n) is 1.97. The Hall–Kier alpha value is -1.75. The first-order valence-corrected chi connectivity index (χ1v) is 7.79. The third-order valence-electron chi connectivity index (χ3n) is 2.99. The third-order valence-corrected chi connectivity index (χ3v) is 3.78. The molecule has 0 unspecified atom stereocenters. The summed E-state index contributed by atoms with van der Waals surface area (Å²) in [6.45, 7) is 1.16. The Kier molecular flexibility index (Phi) is 5.88. The Morgan fingerprint density at radius 3 is 2.39 bits per heavy atom. The number of hydrogen-bond donors (Lipinski definition) is 1. The maximum Gasteiger partial charge on any atom is 0.244 e. The molecule has 0 atom stereocenters. The molecular formula is C16H13Cl3N2O2. The van der Waals surface area contributed by atoms with Gasteiger partial charge >= 0.3 is 0 Å². The van der Waals surface area contributed by atoms with Crippen molar-refractivity contribution in [2.75, 3.05) is 16.8 Å². The lowest BCUT2D eigenvalue weighted by Crippen LogP contribution is -2.36. The molecule has 0 bridgehead atoms. The van der Waals surface area contributed by atoms with E-state index in [4.69, 9.17) is 34.8 Å². The Bertz CT molecular complexity index is 750. The number of nitrogens with one attached hydrogen (secondary N) is 1. The minimum Gasteiger partial charge on any atom is -0.324 e. The van der Waals surface area contributed by atoms with Crippen LogP contribution in [-0.4, -0.2) is 18.4 Å². The van der Waals surface area contributed by atoms with E-state index in [0.29, 0.717) is 26.4 Å². The van der Waals surface area contributed by atoms with Gasteiger partial charge in [-0.1, -0.05) is 40.9 Å². The first-order valence-electron chi connectivity index (χ1n) is 6.65. The molecule has 2 aromatic carbocycles. The summed E-state index contributed by atoms with van der Waals surface area (Å²) in [6.07, 6.45) is 0. The molecule has 0 saturated carbocycles. The van der Waals surface area contributed by atoms with Crippen LogP contribution in [0, 0.1) is 0 Å². The molecule has 2 amide bonds. The van der Waals surface area contributed by atoms with Crippen molar-refractivity contribution >= 4 is 58.0 Å². The SMILES string of the molecule is CC(=O)N(CC(=O)Nc1cccc(Cl)c1)c1cc(Cl)ccc1Cl. The van der Waals surface area contributed by atoms with Crippen LogP contribution in [0.5, 0.6) is 0 Å². The Labute approximate surface area is 148 Å². The molecule has 0 radical (unpaired) electrons. The summed E-state index contributed by atoms with van der Waals surface area (Å²) in [4.78, 5) is 25.3. The number of rotatable bonds is 4. The van der Waals surface area contributed by atoms with Gasteiger partial charge in [0.2, 0.25) is 11.8 Å². The molecule has 23 heavy (non-hydrogen) atoms. The van der Waals surface area contributed by atoms with E-state index >= 15 is 0 Å². The quantitative estimate of drug-likeness (QED) is 0.851. The fraction of sp³-hybridized carbons (Fsp3) is 0.125. The minimum atomic E-state index is -0.376. The highest BCUT2D eigenvalue weighted by molar-refractivity contribution is 6.36. The van der Waals surface area contributed by atoms with Crippen LogP contribution < -0.4 is 10.2 Å². The number of carbonyl (C=O) groups is 2. The number of hydrogen-bond acceptors (Lipinski definition) is 2. The van der Waals surface area contributed by atoms with Crippen molar-refractivity contribution in [3.63, 3.8) is 0 Å². The van der Waals surface area contributed by atoms with Crippen molar-refractivity contribution in [3.05, 3.63) is 57.5 Å². The molecule has 0 aliphatic rings. The summed E-state index contributed by atoms with van der Waals surface area (Å²) >= 11 is 17.9. The smallest absolute Gasteiger partial charge is 0.244 e. The van der Waals surface area contributed by atoms with E-state index in [1.807, 2.05) is 0 Å². The van der Waals surface area contributed by atoms with Gasteiger partial charge in [0.1, 0.15) is 6.54 Å². The Morgan fingerprint density at radius 2 is 1.74 bits per heavy atom. The molecule has 0 saturated heterocycles. The molecule has 0 aliphatic carbocycles. The summed E-state index contributed by atoms with van der Waals surface area (Å²) in [5.74, 6) is -0.700. The molecule has 1 N–H and O–H groups in total. The van der Waals surface area contributed by atoms with Gasteiger partial charge in [-0.25, -0.2) is 0 Å². The van der Waals surface area contributed by atoms with Crippen LogP contribution >= 0.6 is 34.8 Å². The zero-order valence-corrected chi connectivity index (χ0v) is 14.4. The van der Waals surface area contributed by atoms with Crippen LogP contribution in [0.2, 0.25) is 15.1 Å². The zero-order chi connectivity index (χ0) is 17.0. The Balaban J connectivity index is 2.18. The van der Waals surface area contributed by atoms with Crippen molar-refractivity contribution in [2.45, 2.75) is 6.92 Å². The van der Waals surface area contributed by atoms with Crippen LogP contribution in [0.15, 0.2) is 42.5 Å². The molecular weight excluding hydrogens is 359 g/mol. The van der Waals surface area contributed by atoms with E-state index in [1.165, 1.54) is 17.9 Å². The predicted octanol–water partition coefficient (Wildman–Crippen LogP) is 4.64. The van der Waals surface area contributed by atoms with Crippen LogP contribution in [-0.2, 0) is 9.59 Å². The molecule has 0 fully saturated rings. The van der Waals surface area contributed by atoms with E-state index in [0.717, 1.165) is 0 Å². The second-order valence-electron chi connectivity index (χ2n) is 4.76. The minimum absolute atomic E-state index is 0.193. The molecule has 0 heterocycles. The van der Waals surface area contributed by atoms with Gasteiger partial charge in [0.05, 0.1) is 10.7 Å². The van der Waals surface area contributed by atoms with Crippen LogP contribution in [0.4, 0.5) is 11.4 Å². The molecule has 2 rings (SSSR count). The molecule has 0 spiro atoms. The standard InChI is InChI=1S/C16H13Cl3N2O2/c1-10(22)21(15-8-12(18)5-6-14(15)19)9-16(23)20-13-4-2-3-11(17)7-13/h2-8H,9H2,1H3,(H,20,23). The fourth-order valence-corrected chi connectivity index (χ4v) is 2.55. The van der Waals surface area contributed by atoms with Gasteiger partial charge in [-0.15, -0.1) is 0 Å². The first-order chi connectivity index (χ1) is 10.9. The molecule has 4 nitrogen and oxygen atoms in total. The summed E-state index contributed by atoms with van der Waals surface area (Å²) in [7, 11) is 0. The zero-order valence-electron chi connectivity index (χ0n) is 12.1. The monoisotopic (exact) mass is 370 g/mol. The third kappa shape index (κ3) is 4.86. The lowest BCUT2D eigenvalue weighted by molar-refractivity contribution is -0.120.